The molecule has 0 aliphatic heterocycles. The van der Waals surface area contributed by atoms with Gasteiger partial charge in [0, 0.05) is 11.6 Å². The summed E-state index contributed by atoms with van der Waals surface area (Å²) < 4.78 is 7.65. The minimum atomic E-state index is -0.471. The van der Waals surface area contributed by atoms with Crippen molar-refractivity contribution < 1.29 is 9.53 Å². The van der Waals surface area contributed by atoms with E-state index in [-0.39, 0.29) is 5.97 Å². The maximum atomic E-state index is 12.8. The van der Waals surface area contributed by atoms with Crippen molar-refractivity contribution in [2.24, 2.45) is 0 Å². The molecule has 0 radical (unpaired) electrons. The zero-order chi connectivity index (χ0) is 20.8. The second-order valence-electron chi connectivity index (χ2n) is 7.49. The molecule has 1 saturated carbocycles. The van der Waals surface area contributed by atoms with Crippen molar-refractivity contribution in [3.63, 3.8) is 0 Å². The molecule has 0 amide bonds. The average molecular weight is 422 g/mol. The van der Waals surface area contributed by atoms with Gasteiger partial charge < -0.3 is 4.74 Å². The van der Waals surface area contributed by atoms with Gasteiger partial charge in [-0.15, -0.1) is 10.2 Å². The van der Waals surface area contributed by atoms with Crippen LogP contribution in [0.25, 0.3) is 11.4 Å². The summed E-state index contributed by atoms with van der Waals surface area (Å²) in [4.78, 5) is 12.8. The number of carbonyl (C=O) groups is 1. The molecule has 6 heteroatoms. The van der Waals surface area contributed by atoms with E-state index in [0.29, 0.717) is 12.6 Å². The fourth-order valence-corrected chi connectivity index (χ4v) is 5.12. The molecule has 156 valence electrons. The second-order valence-corrected chi connectivity index (χ2v) is 8.57. The van der Waals surface area contributed by atoms with Gasteiger partial charge in [-0.1, -0.05) is 91.7 Å². The number of hydrogen-bond acceptors (Lipinski definition) is 5. The third kappa shape index (κ3) is 4.59. The van der Waals surface area contributed by atoms with Crippen molar-refractivity contribution in [1.82, 2.24) is 14.8 Å². The Hall–Kier alpha value is -2.60. The van der Waals surface area contributed by atoms with Gasteiger partial charge in [0.25, 0.3) is 0 Å². The first-order chi connectivity index (χ1) is 14.8. The lowest BCUT2D eigenvalue weighted by Gasteiger charge is -2.26. The summed E-state index contributed by atoms with van der Waals surface area (Å²) in [5.74, 6) is 0.633. The van der Waals surface area contributed by atoms with E-state index in [0.717, 1.165) is 34.9 Å². The molecule has 0 bridgehead atoms. The lowest BCUT2D eigenvalue weighted by molar-refractivity contribution is -0.142. The Labute approximate surface area is 181 Å². The van der Waals surface area contributed by atoms with Crippen LogP contribution in [-0.4, -0.2) is 27.3 Å². The van der Waals surface area contributed by atoms with Crippen molar-refractivity contribution in [3.8, 4) is 11.4 Å². The van der Waals surface area contributed by atoms with Crippen molar-refractivity contribution >= 4 is 17.7 Å². The SMILES string of the molecule is CCOC(=O)C(Sc1nnc(-c2ccccc2)n1C1CCCCC1)c1ccccc1. The van der Waals surface area contributed by atoms with E-state index in [9.17, 15) is 4.79 Å². The molecular formula is C24H27N3O2S. The van der Waals surface area contributed by atoms with Gasteiger partial charge >= 0.3 is 5.97 Å². The lowest BCUT2D eigenvalue weighted by atomic mass is 9.95. The summed E-state index contributed by atoms with van der Waals surface area (Å²) in [6.07, 6.45) is 5.92. The number of nitrogens with zero attached hydrogens (tertiary/aromatic N) is 3. The minimum absolute atomic E-state index is 0.242. The molecule has 2 aromatic carbocycles. The molecule has 1 aromatic heterocycles. The first-order valence-corrected chi connectivity index (χ1v) is 11.5. The van der Waals surface area contributed by atoms with Crippen LogP contribution in [0.4, 0.5) is 0 Å². The summed E-state index contributed by atoms with van der Waals surface area (Å²) in [6, 6.07) is 20.3. The number of hydrogen-bond donors (Lipinski definition) is 0. The smallest absolute Gasteiger partial charge is 0.324 e. The van der Waals surface area contributed by atoms with Crippen molar-refractivity contribution in [3.05, 3.63) is 66.2 Å². The van der Waals surface area contributed by atoms with Crippen LogP contribution in [0.1, 0.15) is 55.9 Å². The maximum absolute atomic E-state index is 12.8. The van der Waals surface area contributed by atoms with Crippen LogP contribution in [0.5, 0.6) is 0 Å². The molecular weight excluding hydrogens is 394 g/mol. The van der Waals surface area contributed by atoms with Crippen LogP contribution < -0.4 is 0 Å². The van der Waals surface area contributed by atoms with Crippen LogP contribution >= 0.6 is 11.8 Å². The van der Waals surface area contributed by atoms with Crippen molar-refractivity contribution in [2.45, 2.75) is 55.5 Å². The Balaban J connectivity index is 1.73. The molecule has 1 unspecified atom stereocenters. The molecule has 3 aromatic rings. The van der Waals surface area contributed by atoms with Crippen LogP contribution in [0, 0.1) is 0 Å². The molecule has 1 aliphatic rings. The lowest BCUT2D eigenvalue weighted by Crippen LogP contribution is -2.17. The zero-order valence-electron chi connectivity index (χ0n) is 17.2. The third-order valence-electron chi connectivity index (χ3n) is 5.46. The van der Waals surface area contributed by atoms with E-state index in [4.69, 9.17) is 4.74 Å². The predicted octanol–water partition coefficient (Wildman–Crippen LogP) is 5.85. The monoisotopic (exact) mass is 421 g/mol. The number of carbonyl (C=O) groups excluding carboxylic acids is 1. The van der Waals surface area contributed by atoms with E-state index >= 15 is 0 Å². The highest BCUT2D eigenvalue weighted by Crippen LogP contribution is 2.41. The van der Waals surface area contributed by atoms with E-state index in [2.05, 4.69) is 26.9 Å². The second kappa shape index (κ2) is 9.94. The van der Waals surface area contributed by atoms with E-state index in [1.807, 2.05) is 55.5 Å². The number of ether oxygens (including phenoxy) is 1. The van der Waals surface area contributed by atoms with E-state index < -0.39 is 5.25 Å². The average Bonchev–Trinajstić information content (AvgIpc) is 3.23. The van der Waals surface area contributed by atoms with Gasteiger partial charge in [-0.05, 0) is 25.3 Å². The zero-order valence-corrected chi connectivity index (χ0v) is 18.1. The number of rotatable bonds is 7. The highest BCUT2D eigenvalue weighted by molar-refractivity contribution is 8.00. The minimum Gasteiger partial charge on any atom is -0.465 e. The Morgan fingerprint density at radius 3 is 2.37 bits per heavy atom. The largest absolute Gasteiger partial charge is 0.465 e. The van der Waals surface area contributed by atoms with Crippen LogP contribution in [0.2, 0.25) is 0 Å². The van der Waals surface area contributed by atoms with Gasteiger partial charge in [-0.2, -0.15) is 0 Å². The molecule has 4 rings (SSSR count). The molecule has 0 N–H and O–H groups in total. The van der Waals surface area contributed by atoms with E-state index in [1.54, 1.807) is 0 Å². The topological polar surface area (TPSA) is 57.0 Å². The molecule has 1 heterocycles. The Kier molecular flexibility index (Phi) is 6.84. The van der Waals surface area contributed by atoms with Crippen molar-refractivity contribution in [1.29, 1.82) is 0 Å². The van der Waals surface area contributed by atoms with Crippen LogP contribution in [0.3, 0.4) is 0 Å². The molecule has 0 spiro atoms. The molecule has 1 atom stereocenters. The Morgan fingerprint density at radius 1 is 1.03 bits per heavy atom. The van der Waals surface area contributed by atoms with Gasteiger partial charge in [0.15, 0.2) is 11.0 Å². The summed E-state index contributed by atoms with van der Waals surface area (Å²) in [6.45, 7) is 2.19. The summed E-state index contributed by atoms with van der Waals surface area (Å²) in [5.41, 5.74) is 1.97. The van der Waals surface area contributed by atoms with Gasteiger partial charge in [0.05, 0.1) is 6.61 Å². The fraction of sp³-hybridized carbons (Fsp3) is 0.375. The standard InChI is InChI=1S/C24H27N3O2S/c1-2-29-23(28)21(18-12-6-3-7-13-18)30-24-26-25-22(19-14-8-4-9-15-19)27(24)20-16-10-5-11-17-20/h3-4,6-9,12-15,20-21H,2,5,10-11,16-17H2,1H3. The maximum Gasteiger partial charge on any atom is 0.324 e. The number of thioether (sulfide) groups is 1. The molecule has 5 nitrogen and oxygen atoms in total. The normalized spacial score (nSPS) is 15.6. The molecule has 1 fully saturated rings. The molecule has 1 aliphatic carbocycles. The summed E-state index contributed by atoms with van der Waals surface area (Å²) >= 11 is 1.44. The quantitative estimate of drug-likeness (QED) is 0.354. The fourth-order valence-electron chi connectivity index (χ4n) is 4.01. The first-order valence-electron chi connectivity index (χ1n) is 10.7. The van der Waals surface area contributed by atoms with E-state index in [1.165, 1.54) is 31.0 Å². The molecule has 30 heavy (non-hydrogen) atoms. The Bertz CT molecular complexity index is 953. The van der Waals surface area contributed by atoms with Crippen LogP contribution in [0.15, 0.2) is 65.8 Å². The van der Waals surface area contributed by atoms with Gasteiger partial charge in [-0.25, -0.2) is 0 Å². The molecule has 0 saturated heterocycles. The first kappa shape index (κ1) is 20.7. The van der Waals surface area contributed by atoms with Crippen LogP contribution in [-0.2, 0) is 9.53 Å². The summed E-state index contributed by atoms with van der Waals surface area (Å²) in [5, 5.41) is 9.41. The van der Waals surface area contributed by atoms with Gasteiger partial charge in [0.1, 0.15) is 5.25 Å². The number of benzene rings is 2. The highest BCUT2D eigenvalue weighted by atomic mass is 32.2. The highest BCUT2D eigenvalue weighted by Gasteiger charge is 2.29. The Morgan fingerprint density at radius 2 is 1.70 bits per heavy atom. The number of esters is 1. The predicted molar refractivity (Wildman–Crippen MR) is 119 cm³/mol. The summed E-state index contributed by atoms with van der Waals surface area (Å²) in [7, 11) is 0. The third-order valence-corrected chi connectivity index (χ3v) is 6.65. The van der Waals surface area contributed by atoms with Gasteiger partial charge in [0.2, 0.25) is 0 Å². The number of aromatic nitrogens is 3. The van der Waals surface area contributed by atoms with Gasteiger partial charge in [-0.3, -0.25) is 9.36 Å². The van der Waals surface area contributed by atoms with Crippen molar-refractivity contribution in [2.75, 3.05) is 6.61 Å².